The Morgan fingerprint density at radius 1 is 1.29 bits per heavy atom. The van der Waals surface area contributed by atoms with Crippen molar-refractivity contribution in [1.82, 2.24) is 4.98 Å². The van der Waals surface area contributed by atoms with Crippen LogP contribution in [0.3, 0.4) is 0 Å². The van der Waals surface area contributed by atoms with Gasteiger partial charge in [0, 0.05) is 18.3 Å². The molecule has 1 nitrogen and oxygen atoms in total. The van der Waals surface area contributed by atoms with Crippen LogP contribution < -0.4 is 0 Å². The van der Waals surface area contributed by atoms with Crippen molar-refractivity contribution >= 4 is 11.6 Å². The normalized spacial score (nSPS) is 16.4. The summed E-state index contributed by atoms with van der Waals surface area (Å²) in [6.45, 7) is 1.44. The van der Waals surface area contributed by atoms with E-state index < -0.39 is 17.5 Å². The number of hydrogen-bond acceptors (Lipinski definition) is 1. The molecule has 14 heavy (non-hydrogen) atoms. The van der Waals surface area contributed by atoms with Gasteiger partial charge in [0.05, 0.1) is 0 Å². The van der Waals surface area contributed by atoms with Crippen LogP contribution in [0.25, 0.3) is 0 Å². The van der Waals surface area contributed by atoms with Crippen LogP contribution >= 0.6 is 11.6 Å². The van der Waals surface area contributed by atoms with Crippen molar-refractivity contribution in [2.75, 3.05) is 0 Å². The molecule has 0 bridgehead atoms. The number of pyridine rings is 1. The highest BCUT2D eigenvalue weighted by Crippen LogP contribution is 2.35. The molecule has 0 fully saturated rings. The summed E-state index contributed by atoms with van der Waals surface area (Å²) in [5.41, 5.74) is 0.539. The molecular formula is C9H9ClF3N. The minimum Gasteiger partial charge on any atom is -0.265 e. The molecule has 0 N–H and O–H groups in total. The Bertz CT molecular complexity index is 286. The van der Waals surface area contributed by atoms with E-state index in [-0.39, 0.29) is 0 Å². The van der Waals surface area contributed by atoms with Crippen molar-refractivity contribution < 1.29 is 13.2 Å². The molecule has 0 aliphatic carbocycles. The average Bonchev–Trinajstić information content (AvgIpc) is 2.15. The van der Waals surface area contributed by atoms with E-state index in [1.807, 2.05) is 0 Å². The topological polar surface area (TPSA) is 12.9 Å². The van der Waals surface area contributed by atoms with Crippen LogP contribution in [0.2, 0.25) is 0 Å². The molecule has 1 heterocycles. The lowest BCUT2D eigenvalue weighted by Gasteiger charge is -2.20. The van der Waals surface area contributed by atoms with Gasteiger partial charge in [0.15, 0.2) is 0 Å². The van der Waals surface area contributed by atoms with Crippen molar-refractivity contribution in [2.24, 2.45) is 0 Å². The summed E-state index contributed by atoms with van der Waals surface area (Å²) in [5, 5.41) is -1.86. The van der Waals surface area contributed by atoms with Crippen LogP contribution in [-0.4, -0.2) is 16.5 Å². The van der Waals surface area contributed by atoms with Crippen LogP contribution in [-0.2, 0) is 0 Å². The maximum Gasteiger partial charge on any atom is 0.405 e. The first-order valence-electron chi connectivity index (χ1n) is 4.03. The van der Waals surface area contributed by atoms with Gasteiger partial charge in [-0.15, -0.1) is 11.6 Å². The zero-order chi connectivity index (χ0) is 10.8. The Hall–Kier alpha value is -0.770. The Morgan fingerprint density at radius 3 is 2.21 bits per heavy atom. The predicted octanol–water partition coefficient (Wildman–Crippen LogP) is 3.35. The first kappa shape index (κ1) is 11.3. The molecule has 5 heteroatoms. The summed E-state index contributed by atoms with van der Waals surface area (Å²) in [5.74, 6) is -0.764. The highest BCUT2D eigenvalue weighted by atomic mass is 35.5. The fraction of sp³-hybridized carbons (Fsp3) is 0.444. The molecule has 0 aliphatic heterocycles. The Balaban J connectivity index is 2.81. The lowest BCUT2D eigenvalue weighted by Crippen LogP contribution is -2.28. The van der Waals surface area contributed by atoms with Gasteiger partial charge in [0.1, 0.15) is 5.38 Å². The molecular weight excluding hydrogens is 215 g/mol. The fourth-order valence-corrected chi connectivity index (χ4v) is 1.26. The quantitative estimate of drug-likeness (QED) is 0.701. The molecule has 0 radical (unpaired) electrons. The van der Waals surface area contributed by atoms with E-state index in [0.717, 1.165) is 0 Å². The molecule has 1 aromatic rings. The van der Waals surface area contributed by atoms with E-state index in [2.05, 4.69) is 4.98 Å². The van der Waals surface area contributed by atoms with E-state index in [1.54, 1.807) is 0 Å². The smallest absolute Gasteiger partial charge is 0.265 e. The SMILES string of the molecule is CC(c1ccncc1)C(Cl)C(F)(F)F. The van der Waals surface area contributed by atoms with Crippen molar-refractivity contribution in [3.8, 4) is 0 Å². The second-order valence-electron chi connectivity index (χ2n) is 3.01. The maximum absolute atomic E-state index is 12.2. The van der Waals surface area contributed by atoms with E-state index >= 15 is 0 Å². The summed E-state index contributed by atoms with van der Waals surface area (Å²) in [6.07, 6.45) is -1.47. The van der Waals surface area contributed by atoms with Crippen LogP contribution in [0, 0.1) is 0 Å². The highest BCUT2D eigenvalue weighted by molar-refractivity contribution is 6.21. The van der Waals surface area contributed by atoms with Crippen molar-refractivity contribution in [3.63, 3.8) is 0 Å². The van der Waals surface area contributed by atoms with Crippen molar-refractivity contribution in [2.45, 2.75) is 24.4 Å². The average molecular weight is 224 g/mol. The first-order valence-corrected chi connectivity index (χ1v) is 4.47. The number of aromatic nitrogens is 1. The van der Waals surface area contributed by atoms with Gasteiger partial charge in [-0.25, -0.2) is 0 Å². The summed E-state index contributed by atoms with van der Waals surface area (Å²) in [4.78, 5) is 3.72. The number of alkyl halides is 4. The predicted molar refractivity (Wildman–Crippen MR) is 48.3 cm³/mol. The van der Waals surface area contributed by atoms with Crippen LogP contribution in [0.4, 0.5) is 13.2 Å². The van der Waals surface area contributed by atoms with Crippen LogP contribution in [0.15, 0.2) is 24.5 Å². The van der Waals surface area contributed by atoms with Gasteiger partial charge < -0.3 is 0 Å². The zero-order valence-corrected chi connectivity index (χ0v) is 8.18. The van der Waals surface area contributed by atoms with Crippen molar-refractivity contribution in [3.05, 3.63) is 30.1 Å². The Labute approximate surface area is 84.9 Å². The molecule has 0 saturated heterocycles. The lowest BCUT2D eigenvalue weighted by atomic mass is 9.98. The van der Waals surface area contributed by atoms with E-state index in [0.29, 0.717) is 5.56 Å². The Kier molecular flexibility index (Phi) is 3.37. The van der Waals surface area contributed by atoms with E-state index in [9.17, 15) is 13.2 Å². The third kappa shape index (κ3) is 2.61. The molecule has 0 saturated carbocycles. The molecule has 0 amide bonds. The number of halogens is 4. The van der Waals surface area contributed by atoms with Gasteiger partial charge in [-0.3, -0.25) is 4.98 Å². The first-order chi connectivity index (χ1) is 6.43. The lowest BCUT2D eigenvalue weighted by molar-refractivity contribution is -0.133. The molecule has 0 aromatic carbocycles. The largest absolute Gasteiger partial charge is 0.405 e. The molecule has 0 spiro atoms. The summed E-state index contributed by atoms with van der Waals surface area (Å²) in [7, 11) is 0. The highest BCUT2D eigenvalue weighted by Gasteiger charge is 2.42. The standard InChI is InChI=1S/C9H9ClF3N/c1-6(8(10)9(11,12)13)7-2-4-14-5-3-7/h2-6,8H,1H3. The van der Waals surface area contributed by atoms with Crippen LogP contribution in [0.5, 0.6) is 0 Å². The molecule has 0 aliphatic rings. The minimum absolute atomic E-state index is 0.539. The third-order valence-electron chi connectivity index (χ3n) is 1.98. The van der Waals surface area contributed by atoms with Gasteiger partial charge in [0.2, 0.25) is 0 Å². The van der Waals surface area contributed by atoms with Crippen LogP contribution in [0.1, 0.15) is 18.4 Å². The molecule has 2 atom stereocenters. The van der Waals surface area contributed by atoms with E-state index in [1.165, 1.54) is 31.5 Å². The monoisotopic (exact) mass is 223 g/mol. The van der Waals surface area contributed by atoms with Crippen molar-refractivity contribution in [1.29, 1.82) is 0 Å². The molecule has 2 unspecified atom stereocenters. The number of nitrogens with zero attached hydrogens (tertiary/aromatic N) is 1. The Morgan fingerprint density at radius 2 is 1.79 bits per heavy atom. The summed E-state index contributed by atoms with van der Waals surface area (Å²) < 4.78 is 36.7. The maximum atomic E-state index is 12.2. The fourth-order valence-electron chi connectivity index (χ4n) is 1.12. The summed E-state index contributed by atoms with van der Waals surface area (Å²) >= 11 is 5.30. The number of rotatable bonds is 2. The van der Waals surface area contributed by atoms with E-state index in [4.69, 9.17) is 11.6 Å². The second kappa shape index (κ2) is 4.17. The summed E-state index contributed by atoms with van der Waals surface area (Å²) in [6, 6.07) is 3.07. The molecule has 1 aromatic heterocycles. The molecule has 78 valence electrons. The van der Waals surface area contributed by atoms with Gasteiger partial charge in [-0.1, -0.05) is 6.92 Å². The van der Waals surface area contributed by atoms with Gasteiger partial charge in [0.25, 0.3) is 0 Å². The zero-order valence-electron chi connectivity index (χ0n) is 7.42. The second-order valence-corrected chi connectivity index (χ2v) is 3.48. The number of hydrogen-bond donors (Lipinski definition) is 0. The van der Waals surface area contributed by atoms with Gasteiger partial charge in [-0.05, 0) is 17.7 Å². The minimum atomic E-state index is -4.37. The van der Waals surface area contributed by atoms with Gasteiger partial charge >= 0.3 is 6.18 Å². The molecule has 1 rings (SSSR count). The van der Waals surface area contributed by atoms with Gasteiger partial charge in [-0.2, -0.15) is 13.2 Å². The third-order valence-corrected chi connectivity index (χ3v) is 2.61.